The van der Waals surface area contributed by atoms with Crippen LogP contribution in [-0.4, -0.2) is 35.5 Å². The van der Waals surface area contributed by atoms with Crippen molar-refractivity contribution in [3.05, 3.63) is 91.0 Å². The van der Waals surface area contributed by atoms with E-state index in [4.69, 9.17) is 8.92 Å². The minimum absolute atomic E-state index is 0.0827. The lowest BCUT2D eigenvalue weighted by molar-refractivity contribution is 0.104. The lowest BCUT2D eigenvalue weighted by Gasteiger charge is -2.14. The summed E-state index contributed by atoms with van der Waals surface area (Å²) < 4.78 is 63.5. The molecule has 4 aromatic carbocycles. The highest BCUT2D eigenvalue weighted by Crippen LogP contribution is 2.36. The first kappa shape index (κ1) is 24.4. The van der Waals surface area contributed by atoms with Crippen LogP contribution in [0.4, 0.5) is 8.78 Å². The molecule has 0 fully saturated rings. The summed E-state index contributed by atoms with van der Waals surface area (Å²) in [5, 5.41) is 2.57. The Morgan fingerprint density at radius 1 is 0.811 bits per heavy atom. The average molecular weight is 522 g/mol. The molecule has 0 amide bonds. The van der Waals surface area contributed by atoms with Crippen LogP contribution in [0.25, 0.3) is 39.2 Å². The number of aromatic nitrogens is 3. The zero-order chi connectivity index (χ0) is 26.2. The van der Waals surface area contributed by atoms with Crippen LogP contribution in [0, 0.1) is 0 Å². The number of methoxy groups -OCH3 is 1. The van der Waals surface area contributed by atoms with Gasteiger partial charge in [-0.15, -0.1) is 5.10 Å². The van der Waals surface area contributed by atoms with E-state index in [2.05, 4.69) is 10.1 Å². The molecule has 0 aliphatic rings. The standard InChI is InChI=1S/C27H21F2N3O4S/c1-27(28,29)37(33,34)36-24-14-8-5-11-21(24)25-30-26(22-12-6-7-13-23(22)35-2)32(31-25)20-16-15-18-9-3-4-10-19(18)17-20/h3-17H,1-2H3. The monoisotopic (exact) mass is 521 g/mol. The van der Waals surface area contributed by atoms with Crippen molar-refractivity contribution in [3.63, 3.8) is 0 Å². The molecule has 0 saturated heterocycles. The molecule has 0 atom stereocenters. The molecule has 7 nitrogen and oxygen atoms in total. The van der Waals surface area contributed by atoms with Crippen LogP contribution < -0.4 is 8.92 Å². The van der Waals surface area contributed by atoms with Crippen LogP contribution in [-0.2, 0) is 10.1 Å². The van der Waals surface area contributed by atoms with Gasteiger partial charge in [-0.3, -0.25) is 0 Å². The average Bonchev–Trinajstić information content (AvgIpc) is 3.33. The molecule has 5 aromatic rings. The van der Waals surface area contributed by atoms with E-state index in [1.54, 1.807) is 16.8 Å². The van der Waals surface area contributed by atoms with E-state index in [0.29, 0.717) is 22.8 Å². The van der Waals surface area contributed by atoms with Gasteiger partial charge in [0.05, 0.1) is 23.9 Å². The second kappa shape index (κ2) is 9.29. The molecule has 0 spiro atoms. The fourth-order valence-electron chi connectivity index (χ4n) is 3.83. The fourth-order valence-corrected chi connectivity index (χ4v) is 4.36. The van der Waals surface area contributed by atoms with Crippen molar-refractivity contribution in [1.82, 2.24) is 14.8 Å². The van der Waals surface area contributed by atoms with Gasteiger partial charge in [-0.25, -0.2) is 9.67 Å². The summed E-state index contributed by atoms with van der Waals surface area (Å²) in [5.74, 6) is 0.716. The first-order valence-electron chi connectivity index (χ1n) is 11.2. The SMILES string of the molecule is COc1ccccc1-c1nc(-c2ccccc2OS(=O)(=O)C(C)(F)F)nn1-c1ccc2ccccc2c1. The molecule has 188 valence electrons. The smallest absolute Gasteiger partial charge is 0.377 e. The van der Waals surface area contributed by atoms with Gasteiger partial charge in [0.15, 0.2) is 17.4 Å². The van der Waals surface area contributed by atoms with E-state index in [0.717, 1.165) is 10.8 Å². The first-order valence-corrected chi connectivity index (χ1v) is 12.6. The Morgan fingerprint density at radius 2 is 1.43 bits per heavy atom. The molecule has 0 N–H and O–H groups in total. The summed E-state index contributed by atoms with van der Waals surface area (Å²) in [6.45, 7) is 0.261. The van der Waals surface area contributed by atoms with E-state index >= 15 is 0 Å². The molecule has 0 radical (unpaired) electrons. The van der Waals surface area contributed by atoms with Crippen molar-refractivity contribution in [3.8, 4) is 40.0 Å². The van der Waals surface area contributed by atoms with Gasteiger partial charge in [-0.05, 0) is 47.2 Å². The molecule has 10 heteroatoms. The Balaban J connectivity index is 1.72. The third-order valence-electron chi connectivity index (χ3n) is 5.70. The van der Waals surface area contributed by atoms with Crippen molar-refractivity contribution in [2.24, 2.45) is 0 Å². The van der Waals surface area contributed by atoms with Gasteiger partial charge in [-0.1, -0.05) is 54.6 Å². The van der Waals surface area contributed by atoms with Gasteiger partial charge in [-0.2, -0.15) is 17.2 Å². The normalized spacial score (nSPS) is 12.0. The number of halogens is 2. The summed E-state index contributed by atoms with van der Waals surface area (Å²) in [7, 11) is -3.70. The van der Waals surface area contributed by atoms with Gasteiger partial charge in [0.25, 0.3) is 0 Å². The molecule has 0 unspecified atom stereocenters. The van der Waals surface area contributed by atoms with Crippen LogP contribution in [0.2, 0.25) is 0 Å². The van der Waals surface area contributed by atoms with E-state index in [1.807, 2.05) is 60.7 Å². The third-order valence-corrected chi connectivity index (χ3v) is 6.98. The number of hydrogen-bond donors (Lipinski definition) is 0. The molecule has 0 saturated carbocycles. The second-order valence-electron chi connectivity index (χ2n) is 8.24. The van der Waals surface area contributed by atoms with E-state index in [9.17, 15) is 17.2 Å². The van der Waals surface area contributed by atoms with E-state index in [1.165, 1.54) is 25.3 Å². The number of para-hydroxylation sites is 2. The molecular weight excluding hydrogens is 500 g/mol. The Bertz CT molecular complexity index is 1710. The van der Waals surface area contributed by atoms with Gasteiger partial charge in [0.2, 0.25) is 0 Å². The maximum absolute atomic E-state index is 13.7. The minimum atomic E-state index is -5.24. The summed E-state index contributed by atoms with van der Waals surface area (Å²) in [6, 6.07) is 26.7. The molecule has 1 heterocycles. The Kier molecular flexibility index (Phi) is 6.12. The topological polar surface area (TPSA) is 83.3 Å². The van der Waals surface area contributed by atoms with Crippen molar-refractivity contribution in [2.75, 3.05) is 7.11 Å². The van der Waals surface area contributed by atoms with Crippen molar-refractivity contribution in [2.45, 2.75) is 12.2 Å². The van der Waals surface area contributed by atoms with Crippen LogP contribution >= 0.6 is 0 Å². The van der Waals surface area contributed by atoms with Crippen LogP contribution in [0.1, 0.15) is 6.92 Å². The van der Waals surface area contributed by atoms with Crippen LogP contribution in [0.5, 0.6) is 11.5 Å². The number of ether oxygens (including phenoxy) is 1. The Hall–Kier alpha value is -4.31. The number of nitrogens with zero attached hydrogens (tertiary/aromatic N) is 3. The van der Waals surface area contributed by atoms with Crippen LogP contribution in [0.15, 0.2) is 91.0 Å². The predicted molar refractivity (Wildman–Crippen MR) is 136 cm³/mol. The Morgan fingerprint density at radius 3 is 2.14 bits per heavy atom. The minimum Gasteiger partial charge on any atom is -0.496 e. The van der Waals surface area contributed by atoms with Crippen molar-refractivity contribution in [1.29, 1.82) is 0 Å². The highest BCUT2D eigenvalue weighted by Gasteiger charge is 2.42. The van der Waals surface area contributed by atoms with E-state index in [-0.39, 0.29) is 24.1 Å². The quantitative estimate of drug-likeness (QED) is 0.241. The predicted octanol–water partition coefficient (Wildman–Crippen LogP) is 6.08. The number of hydrogen-bond acceptors (Lipinski definition) is 6. The highest BCUT2D eigenvalue weighted by molar-refractivity contribution is 7.88. The number of benzene rings is 4. The van der Waals surface area contributed by atoms with E-state index < -0.39 is 15.4 Å². The summed E-state index contributed by atoms with van der Waals surface area (Å²) in [6.07, 6.45) is 0. The highest BCUT2D eigenvalue weighted by atomic mass is 32.2. The largest absolute Gasteiger partial charge is 0.496 e. The first-order chi connectivity index (χ1) is 17.7. The zero-order valence-electron chi connectivity index (χ0n) is 19.8. The zero-order valence-corrected chi connectivity index (χ0v) is 20.6. The third kappa shape index (κ3) is 4.63. The number of fused-ring (bicyclic) bond motifs is 1. The van der Waals surface area contributed by atoms with Gasteiger partial charge in [0, 0.05) is 6.92 Å². The fraction of sp³-hybridized carbons (Fsp3) is 0.111. The number of alkyl halides is 2. The van der Waals surface area contributed by atoms with Crippen LogP contribution in [0.3, 0.4) is 0 Å². The summed E-state index contributed by atoms with van der Waals surface area (Å²) in [5.41, 5.74) is 1.44. The molecule has 0 aliphatic heterocycles. The van der Waals surface area contributed by atoms with Gasteiger partial charge in [0.1, 0.15) is 5.75 Å². The number of rotatable bonds is 7. The lowest BCUT2D eigenvalue weighted by atomic mass is 10.1. The summed E-state index contributed by atoms with van der Waals surface area (Å²) in [4.78, 5) is 4.68. The van der Waals surface area contributed by atoms with Crippen molar-refractivity contribution >= 4 is 20.9 Å². The summed E-state index contributed by atoms with van der Waals surface area (Å²) >= 11 is 0. The molecular formula is C27H21F2N3O4S. The van der Waals surface area contributed by atoms with Crippen molar-refractivity contribution < 1.29 is 26.1 Å². The molecule has 5 rings (SSSR count). The molecule has 0 bridgehead atoms. The molecule has 1 aromatic heterocycles. The van der Waals surface area contributed by atoms with Gasteiger partial charge >= 0.3 is 15.4 Å². The lowest BCUT2D eigenvalue weighted by Crippen LogP contribution is -2.29. The maximum Gasteiger partial charge on any atom is 0.377 e. The second-order valence-corrected chi connectivity index (χ2v) is 10.0. The Labute approximate surface area is 212 Å². The molecule has 0 aliphatic carbocycles. The maximum atomic E-state index is 13.7. The van der Waals surface area contributed by atoms with Gasteiger partial charge < -0.3 is 8.92 Å². The molecule has 37 heavy (non-hydrogen) atoms.